The van der Waals surface area contributed by atoms with E-state index in [0.29, 0.717) is 0 Å². The number of rotatable bonds is 6. The normalized spacial score (nSPS) is 16.6. The minimum Gasteiger partial charge on any atom is -0.405 e. The quantitative estimate of drug-likeness (QED) is 0.499. The molecule has 5 nitrogen and oxygen atoms in total. The molecule has 3 heterocycles. The van der Waals surface area contributed by atoms with Crippen LogP contribution < -0.4 is 15.5 Å². The van der Waals surface area contributed by atoms with Gasteiger partial charge in [0.1, 0.15) is 0 Å². The minimum atomic E-state index is 0.897. The molecule has 2 aliphatic heterocycles. The van der Waals surface area contributed by atoms with Crippen LogP contribution in [-0.2, 0) is 19.4 Å². The molecule has 0 spiro atoms. The van der Waals surface area contributed by atoms with Crippen molar-refractivity contribution in [2.24, 2.45) is 10.7 Å². The van der Waals surface area contributed by atoms with Gasteiger partial charge in [0, 0.05) is 55.6 Å². The van der Waals surface area contributed by atoms with Gasteiger partial charge in [0.2, 0.25) is 0 Å². The molecular weight excluding hydrogens is 426 g/mol. The number of benzene rings is 2. The summed E-state index contributed by atoms with van der Waals surface area (Å²) < 4.78 is 0. The number of aromatic nitrogens is 1. The third-order valence-corrected chi connectivity index (χ3v) is 7.53. The molecule has 0 unspecified atom stereocenters. The molecule has 1 saturated heterocycles. The second-order valence-electron chi connectivity index (χ2n) is 8.79. The molecule has 5 rings (SSSR count). The van der Waals surface area contributed by atoms with E-state index in [2.05, 4.69) is 45.1 Å². The van der Waals surface area contributed by atoms with Crippen LogP contribution in [0.1, 0.15) is 40.8 Å². The van der Waals surface area contributed by atoms with Crippen molar-refractivity contribution in [1.29, 1.82) is 0 Å². The van der Waals surface area contributed by atoms with Crippen molar-refractivity contribution in [3.05, 3.63) is 82.5 Å². The average Bonchev–Trinajstić information content (AvgIpc) is 3.33. The molecule has 0 radical (unpaired) electrons. The molecule has 2 N–H and O–H groups in total. The Balaban J connectivity index is 1.24. The maximum Gasteiger partial charge on any atom is 0.185 e. The fourth-order valence-corrected chi connectivity index (χ4v) is 5.63. The largest absolute Gasteiger partial charge is 0.405 e. The van der Waals surface area contributed by atoms with Gasteiger partial charge in [-0.3, -0.25) is 4.99 Å². The highest BCUT2D eigenvalue weighted by molar-refractivity contribution is 7.15. The van der Waals surface area contributed by atoms with E-state index >= 15 is 0 Å². The predicted octanol–water partition coefficient (Wildman–Crippen LogP) is 5.46. The summed E-state index contributed by atoms with van der Waals surface area (Å²) in [6.07, 6.45) is 12.9. The summed E-state index contributed by atoms with van der Waals surface area (Å²) in [5, 5.41) is 1.13. The number of fused-ring (bicyclic) bond motifs is 1. The molecule has 3 aromatic rings. The summed E-state index contributed by atoms with van der Waals surface area (Å²) in [4.78, 5) is 15.4. The Morgan fingerprint density at radius 3 is 2.64 bits per heavy atom. The summed E-state index contributed by atoms with van der Waals surface area (Å²) >= 11 is 1.81. The molecule has 0 saturated carbocycles. The number of hydrogen-bond donors (Lipinski definition) is 1. The highest BCUT2D eigenvalue weighted by Crippen LogP contribution is 2.32. The lowest BCUT2D eigenvalue weighted by Crippen LogP contribution is -2.32. The van der Waals surface area contributed by atoms with E-state index in [1.807, 2.05) is 29.7 Å². The molecule has 33 heavy (non-hydrogen) atoms. The van der Waals surface area contributed by atoms with Crippen molar-refractivity contribution in [1.82, 2.24) is 4.98 Å². The van der Waals surface area contributed by atoms with E-state index in [0.717, 1.165) is 36.8 Å². The number of nitrogens with two attached hydrogens (primary N) is 1. The van der Waals surface area contributed by atoms with Gasteiger partial charge >= 0.3 is 0 Å². The Hall–Kier alpha value is -3.12. The van der Waals surface area contributed by atoms with E-state index in [4.69, 9.17) is 10.7 Å². The van der Waals surface area contributed by atoms with E-state index in [-0.39, 0.29) is 0 Å². The van der Waals surface area contributed by atoms with Crippen LogP contribution in [0.5, 0.6) is 0 Å². The van der Waals surface area contributed by atoms with Gasteiger partial charge < -0.3 is 15.5 Å². The molecule has 0 amide bonds. The first-order valence-corrected chi connectivity index (χ1v) is 12.7. The summed E-state index contributed by atoms with van der Waals surface area (Å²) in [7, 11) is 0. The van der Waals surface area contributed by atoms with E-state index in [1.165, 1.54) is 65.8 Å². The van der Waals surface area contributed by atoms with E-state index in [1.54, 1.807) is 12.3 Å². The Morgan fingerprint density at radius 1 is 0.970 bits per heavy atom. The monoisotopic (exact) mass is 457 g/mol. The van der Waals surface area contributed by atoms with E-state index < -0.39 is 0 Å². The standard InChI is InChI=1S/C27H31N5S/c28-12-4-13-29-24-8-5-21(6-9-24)17-26-19-30-27(33-26)32-16-11-22-7-10-25(18-23(22)20-32)31-14-2-1-3-15-31/h4-10,12-13,18-19H,1-3,11,14-17,20,28H2. The maximum atomic E-state index is 5.34. The van der Waals surface area contributed by atoms with Crippen molar-refractivity contribution in [2.45, 2.75) is 38.6 Å². The molecule has 1 aromatic heterocycles. The minimum absolute atomic E-state index is 0.897. The second-order valence-corrected chi connectivity index (χ2v) is 9.88. The molecule has 0 bridgehead atoms. The van der Waals surface area contributed by atoms with Crippen LogP contribution in [0.3, 0.4) is 0 Å². The Bertz CT molecular complexity index is 1130. The van der Waals surface area contributed by atoms with Crippen molar-refractivity contribution < 1.29 is 0 Å². The second kappa shape index (κ2) is 10.2. The molecule has 6 heteroatoms. The topological polar surface area (TPSA) is 57.8 Å². The van der Waals surface area contributed by atoms with Crippen LogP contribution in [0.2, 0.25) is 0 Å². The van der Waals surface area contributed by atoms with Gasteiger partial charge in [-0.15, -0.1) is 11.3 Å². The van der Waals surface area contributed by atoms with Crippen molar-refractivity contribution in [3.63, 3.8) is 0 Å². The Labute approximate surface area is 200 Å². The smallest absolute Gasteiger partial charge is 0.185 e. The van der Waals surface area contributed by atoms with Gasteiger partial charge in [0.15, 0.2) is 5.13 Å². The molecular formula is C27H31N5S. The van der Waals surface area contributed by atoms with Crippen molar-refractivity contribution in [2.75, 3.05) is 29.4 Å². The van der Waals surface area contributed by atoms with E-state index in [9.17, 15) is 0 Å². The van der Waals surface area contributed by atoms with Gasteiger partial charge in [0.25, 0.3) is 0 Å². The summed E-state index contributed by atoms with van der Waals surface area (Å²) in [6, 6.07) is 15.5. The van der Waals surface area contributed by atoms with Gasteiger partial charge in [0.05, 0.1) is 5.69 Å². The number of aliphatic imine (C=N–C) groups is 1. The van der Waals surface area contributed by atoms with Crippen molar-refractivity contribution >= 4 is 34.1 Å². The average molecular weight is 458 g/mol. The fraction of sp³-hybridized carbons (Fsp3) is 0.333. The third kappa shape index (κ3) is 5.28. The first-order valence-electron chi connectivity index (χ1n) is 11.8. The van der Waals surface area contributed by atoms with Crippen LogP contribution in [0, 0.1) is 0 Å². The zero-order valence-corrected chi connectivity index (χ0v) is 19.8. The first-order chi connectivity index (χ1) is 16.3. The summed E-state index contributed by atoms with van der Waals surface area (Å²) in [6.45, 7) is 4.37. The van der Waals surface area contributed by atoms with Crippen molar-refractivity contribution in [3.8, 4) is 0 Å². The van der Waals surface area contributed by atoms with Crippen LogP contribution in [0.4, 0.5) is 16.5 Å². The van der Waals surface area contributed by atoms with Gasteiger partial charge in [-0.25, -0.2) is 4.98 Å². The SMILES string of the molecule is NC=CC=Nc1ccc(Cc2cnc(N3CCc4ccc(N5CCCCC5)cc4C3)s2)cc1. The first kappa shape index (κ1) is 21.7. The Kier molecular flexibility index (Phi) is 6.72. The number of thiazole rings is 1. The number of allylic oxidation sites excluding steroid dienone is 1. The number of hydrogen-bond acceptors (Lipinski definition) is 6. The lowest BCUT2D eigenvalue weighted by Gasteiger charge is -2.32. The fourth-order valence-electron chi connectivity index (χ4n) is 4.66. The zero-order valence-electron chi connectivity index (χ0n) is 19.0. The summed E-state index contributed by atoms with van der Waals surface area (Å²) in [5.74, 6) is 0. The highest BCUT2D eigenvalue weighted by atomic mass is 32.1. The van der Waals surface area contributed by atoms with Gasteiger partial charge in [-0.05, 0) is 78.9 Å². The maximum absolute atomic E-state index is 5.34. The molecule has 1 fully saturated rings. The summed E-state index contributed by atoms with van der Waals surface area (Å²) in [5.41, 5.74) is 11.9. The van der Waals surface area contributed by atoms with Crippen LogP contribution in [0.15, 0.2) is 65.9 Å². The van der Waals surface area contributed by atoms with Gasteiger partial charge in [-0.2, -0.15) is 0 Å². The zero-order chi connectivity index (χ0) is 22.5. The highest BCUT2D eigenvalue weighted by Gasteiger charge is 2.21. The number of anilines is 2. The third-order valence-electron chi connectivity index (χ3n) is 6.47. The lowest BCUT2D eigenvalue weighted by molar-refractivity contribution is 0.577. The Morgan fingerprint density at radius 2 is 1.82 bits per heavy atom. The van der Waals surface area contributed by atoms with Gasteiger partial charge in [-0.1, -0.05) is 18.2 Å². The number of nitrogens with zero attached hydrogens (tertiary/aromatic N) is 4. The molecule has 2 aliphatic rings. The molecule has 0 atom stereocenters. The molecule has 2 aromatic carbocycles. The molecule has 170 valence electrons. The van der Waals surface area contributed by atoms with Crippen LogP contribution in [0.25, 0.3) is 0 Å². The number of piperidine rings is 1. The predicted molar refractivity (Wildman–Crippen MR) is 140 cm³/mol. The van der Waals surface area contributed by atoms with Crippen LogP contribution >= 0.6 is 11.3 Å². The lowest BCUT2D eigenvalue weighted by atomic mass is 9.98. The molecule has 0 aliphatic carbocycles. The van der Waals surface area contributed by atoms with Crippen LogP contribution in [-0.4, -0.2) is 30.8 Å².